The molecule has 31 heavy (non-hydrogen) atoms. The van der Waals surface area contributed by atoms with E-state index in [0.717, 1.165) is 11.1 Å². The number of fused-ring (bicyclic) bond motifs is 1. The number of carbonyl (C=O) groups excluding carboxylic acids is 2. The molecule has 1 heterocycles. The van der Waals surface area contributed by atoms with E-state index in [2.05, 4.69) is 13.8 Å². The van der Waals surface area contributed by atoms with Gasteiger partial charge in [0.2, 0.25) is 0 Å². The molecular formula is C26H24FNO3. The second kappa shape index (κ2) is 8.08. The average molecular weight is 417 g/mol. The number of benzene rings is 3. The monoisotopic (exact) mass is 417 g/mol. The lowest BCUT2D eigenvalue weighted by Gasteiger charge is -2.23. The Bertz CT molecular complexity index is 1120. The molecule has 0 aliphatic carbocycles. The van der Waals surface area contributed by atoms with Gasteiger partial charge in [0.05, 0.1) is 18.7 Å². The maximum atomic E-state index is 13.3. The van der Waals surface area contributed by atoms with Crippen molar-refractivity contribution in [2.45, 2.75) is 38.3 Å². The molecule has 3 aromatic carbocycles. The molecule has 158 valence electrons. The third-order valence-electron chi connectivity index (χ3n) is 5.81. The molecule has 0 fully saturated rings. The molecular weight excluding hydrogens is 393 g/mol. The number of Topliss-reactive ketones (excluding diaryl/α,β-unsaturated/α-hetero) is 1. The zero-order valence-corrected chi connectivity index (χ0v) is 17.5. The van der Waals surface area contributed by atoms with Crippen LogP contribution in [0, 0.1) is 5.82 Å². The molecule has 1 amide bonds. The molecule has 0 saturated carbocycles. The van der Waals surface area contributed by atoms with E-state index >= 15 is 0 Å². The van der Waals surface area contributed by atoms with Gasteiger partial charge in [-0.25, -0.2) is 4.39 Å². The second-order valence-electron chi connectivity index (χ2n) is 8.27. The Morgan fingerprint density at radius 3 is 2.29 bits per heavy atom. The quantitative estimate of drug-likeness (QED) is 0.577. The molecule has 4 nitrogen and oxygen atoms in total. The SMILES string of the molecule is CC(C)c1ccc(C(=O)C[C@]2(O)C(=O)N(Cc3ccc(F)cc3)c3ccccc32)cc1. The van der Waals surface area contributed by atoms with Crippen molar-refractivity contribution in [2.75, 3.05) is 4.90 Å². The Morgan fingerprint density at radius 2 is 1.65 bits per heavy atom. The molecule has 0 bridgehead atoms. The highest BCUT2D eigenvalue weighted by Crippen LogP contribution is 2.43. The van der Waals surface area contributed by atoms with E-state index in [9.17, 15) is 19.1 Å². The summed E-state index contributed by atoms with van der Waals surface area (Å²) in [5.74, 6) is -0.867. The zero-order chi connectivity index (χ0) is 22.2. The van der Waals surface area contributed by atoms with E-state index in [1.807, 2.05) is 12.1 Å². The number of aliphatic hydroxyl groups is 1. The highest BCUT2D eigenvalue weighted by atomic mass is 19.1. The van der Waals surface area contributed by atoms with Crippen LogP contribution in [0.5, 0.6) is 0 Å². The minimum absolute atomic E-state index is 0.176. The van der Waals surface area contributed by atoms with Gasteiger partial charge in [0.15, 0.2) is 11.4 Å². The second-order valence-corrected chi connectivity index (χ2v) is 8.27. The fourth-order valence-electron chi connectivity index (χ4n) is 4.00. The van der Waals surface area contributed by atoms with Gasteiger partial charge >= 0.3 is 0 Å². The van der Waals surface area contributed by atoms with Crippen LogP contribution < -0.4 is 4.90 Å². The van der Waals surface area contributed by atoms with E-state index in [-0.39, 0.29) is 24.6 Å². The molecule has 1 atom stereocenters. The van der Waals surface area contributed by atoms with Crippen molar-refractivity contribution < 1.29 is 19.1 Å². The summed E-state index contributed by atoms with van der Waals surface area (Å²) in [7, 11) is 0. The zero-order valence-electron chi connectivity index (χ0n) is 17.5. The first-order valence-corrected chi connectivity index (χ1v) is 10.3. The molecule has 3 aromatic rings. The van der Waals surface area contributed by atoms with Crippen LogP contribution in [0.25, 0.3) is 0 Å². The molecule has 0 aromatic heterocycles. The maximum absolute atomic E-state index is 13.3. The van der Waals surface area contributed by atoms with Gasteiger partial charge in [0, 0.05) is 11.1 Å². The lowest BCUT2D eigenvalue weighted by atomic mass is 9.87. The molecule has 1 N–H and O–H groups in total. The van der Waals surface area contributed by atoms with Crippen LogP contribution >= 0.6 is 0 Å². The van der Waals surface area contributed by atoms with Crippen molar-refractivity contribution >= 4 is 17.4 Å². The van der Waals surface area contributed by atoms with Crippen LogP contribution in [0.4, 0.5) is 10.1 Å². The van der Waals surface area contributed by atoms with Gasteiger partial charge in [-0.3, -0.25) is 9.59 Å². The Labute approximate surface area is 181 Å². The van der Waals surface area contributed by atoms with E-state index in [0.29, 0.717) is 22.7 Å². The summed E-state index contributed by atoms with van der Waals surface area (Å²) in [4.78, 5) is 27.7. The number of ketones is 1. The van der Waals surface area contributed by atoms with Crippen molar-refractivity contribution in [2.24, 2.45) is 0 Å². The smallest absolute Gasteiger partial charge is 0.264 e. The minimum atomic E-state index is -1.94. The summed E-state index contributed by atoms with van der Waals surface area (Å²) in [6, 6.07) is 20.1. The Morgan fingerprint density at radius 1 is 1.00 bits per heavy atom. The third-order valence-corrected chi connectivity index (χ3v) is 5.81. The normalized spacial score (nSPS) is 17.8. The predicted octanol–water partition coefficient (Wildman–Crippen LogP) is 4.96. The molecule has 0 spiro atoms. The Kier molecular flexibility index (Phi) is 5.46. The predicted molar refractivity (Wildman–Crippen MR) is 117 cm³/mol. The standard InChI is InChI=1S/C26H24FNO3/c1-17(2)19-9-11-20(12-10-19)24(29)15-26(31)22-5-3-4-6-23(22)28(25(26)30)16-18-7-13-21(27)14-8-18/h3-14,17,31H,15-16H2,1-2H3/t26-/m1/s1. The average Bonchev–Trinajstić information content (AvgIpc) is 2.97. The number of hydrogen-bond donors (Lipinski definition) is 1. The van der Waals surface area contributed by atoms with Gasteiger partial charge in [-0.05, 0) is 35.2 Å². The van der Waals surface area contributed by atoms with Crippen LogP contribution in [0.1, 0.15) is 53.2 Å². The number of halogens is 1. The van der Waals surface area contributed by atoms with Crippen molar-refractivity contribution in [3.63, 3.8) is 0 Å². The highest BCUT2D eigenvalue weighted by Gasteiger charge is 2.50. The van der Waals surface area contributed by atoms with E-state index in [4.69, 9.17) is 0 Å². The fraction of sp³-hybridized carbons (Fsp3) is 0.231. The van der Waals surface area contributed by atoms with Crippen LogP contribution in [-0.4, -0.2) is 16.8 Å². The minimum Gasteiger partial charge on any atom is -0.375 e. The number of carbonyl (C=O) groups is 2. The van der Waals surface area contributed by atoms with Gasteiger partial charge < -0.3 is 10.0 Å². The summed E-state index contributed by atoms with van der Waals surface area (Å²) in [5.41, 5.74) is 1.33. The summed E-state index contributed by atoms with van der Waals surface area (Å²) in [6.45, 7) is 4.32. The number of anilines is 1. The maximum Gasteiger partial charge on any atom is 0.264 e. The number of para-hydroxylation sites is 1. The lowest BCUT2D eigenvalue weighted by Crippen LogP contribution is -2.41. The van der Waals surface area contributed by atoms with Crippen molar-refractivity contribution in [1.29, 1.82) is 0 Å². The molecule has 4 rings (SSSR count). The van der Waals surface area contributed by atoms with Crippen molar-refractivity contribution in [3.8, 4) is 0 Å². The lowest BCUT2D eigenvalue weighted by molar-refractivity contribution is -0.136. The first-order chi connectivity index (χ1) is 14.8. The third kappa shape index (κ3) is 3.89. The van der Waals surface area contributed by atoms with Gasteiger partial charge in [-0.2, -0.15) is 0 Å². The van der Waals surface area contributed by atoms with Crippen LogP contribution in [-0.2, 0) is 16.9 Å². The van der Waals surface area contributed by atoms with E-state index < -0.39 is 11.5 Å². The molecule has 5 heteroatoms. The number of rotatable bonds is 6. The van der Waals surface area contributed by atoms with Crippen LogP contribution in [0.2, 0.25) is 0 Å². The van der Waals surface area contributed by atoms with E-state index in [1.165, 1.54) is 17.0 Å². The van der Waals surface area contributed by atoms with Crippen molar-refractivity contribution in [1.82, 2.24) is 0 Å². The molecule has 0 radical (unpaired) electrons. The van der Waals surface area contributed by atoms with Gasteiger partial charge in [0.1, 0.15) is 5.82 Å². The Balaban J connectivity index is 1.63. The first kappa shape index (κ1) is 20.9. The summed E-state index contributed by atoms with van der Waals surface area (Å²) < 4.78 is 13.3. The molecule has 1 aliphatic rings. The highest BCUT2D eigenvalue weighted by molar-refractivity contribution is 6.10. The summed E-state index contributed by atoms with van der Waals surface area (Å²) >= 11 is 0. The van der Waals surface area contributed by atoms with Gasteiger partial charge in [-0.15, -0.1) is 0 Å². The largest absolute Gasteiger partial charge is 0.375 e. The van der Waals surface area contributed by atoms with Gasteiger partial charge in [0.25, 0.3) is 5.91 Å². The van der Waals surface area contributed by atoms with Gasteiger partial charge in [-0.1, -0.05) is 68.4 Å². The number of amides is 1. The van der Waals surface area contributed by atoms with Crippen molar-refractivity contribution in [3.05, 3.63) is 101 Å². The van der Waals surface area contributed by atoms with Crippen LogP contribution in [0.15, 0.2) is 72.8 Å². The first-order valence-electron chi connectivity index (χ1n) is 10.3. The molecule has 1 aliphatic heterocycles. The summed E-state index contributed by atoms with van der Waals surface area (Å²) in [6.07, 6.45) is -0.343. The number of nitrogens with zero attached hydrogens (tertiary/aromatic N) is 1. The number of hydrogen-bond acceptors (Lipinski definition) is 3. The fourth-order valence-corrected chi connectivity index (χ4v) is 4.00. The van der Waals surface area contributed by atoms with Crippen LogP contribution in [0.3, 0.4) is 0 Å². The molecule has 0 unspecified atom stereocenters. The topological polar surface area (TPSA) is 57.6 Å². The summed E-state index contributed by atoms with van der Waals surface area (Å²) in [5, 5.41) is 11.4. The molecule has 0 saturated heterocycles. The Hall–Kier alpha value is -3.31. The van der Waals surface area contributed by atoms with E-state index in [1.54, 1.807) is 48.5 Å².